The van der Waals surface area contributed by atoms with Crippen LogP contribution in [-0.2, 0) is 13.0 Å². The maximum absolute atomic E-state index is 8.37. The van der Waals surface area contributed by atoms with E-state index >= 15 is 0 Å². The molecular formula is C13H13Br2N3. The molecule has 0 radical (unpaired) electrons. The lowest BCUT2D eigenvalue weighted by atomic mass is 10.2. The summed E-state index contributed by atoms with van der Waals surface area (Å²) >= 11 is 7.06. The smallest absolute Gasteiger partial charge is 0.135 e. The molecule has 0 bridgehead atoms. The maximum atomic E-state index is 8.37. The molecule has 1 aliphatic rings. The lowest BCUT2D eigenvalue weighted by molar-refractivity contribution is 0.602. The zero-order chi connectivity index (χ0) is 12.7. The first-order chi connectivity index (χ1) is 8.68. The molecule has 2 aromatic rings. The van der Waals surface area contributed by atoms with Crippen molar-refractivity contribution in [2.45, 2.75) is 32.2 Å². The minimum absolute atomic E-state index is 0.588. The number of nitrogens with one attached hydrogen (secondary N) is 1. The first kappa shape index (κ1) is 12.4. The molecule has 0 spiro atoms. The van der Waals surface area contributed by atoms with Crippen molar-refractivity contribution in [2.24, 2.45) is 0 Å². The van der Waals surface area contributed by atoms with Gasteiger partial charge in [0, 0.05) is 22.8 Å². The van der Waals surface area contributed by atoms with Gasteiger partial charge in [-0.25, -0.2) is 4.98 Å². The third-order valence-corrected chi connectivity index (χ3v) is 5.42. The maximum Gasteiger partial charge on any atom is 0.135 e. The molecule has 0 unspecified atom stereocenters. The number of nitrogens with zero attached hydrogens (tertiary/aromatic N) is 2. The van der Waals surface area contributed by atoms with Crippen LogP contribution in [0.1, 0.15) is 25.1 Å². The van der Waals surface area contributed by atoms with Gasteiger partial charge in [0.05, 0.1) is 9.99 Å². The van der Waals surface area contributed by atoms with Gasteiger partial charge in [-0.05, 0) is 56.8 Å². The highest BCUT2D eigenvalue weighted by molar-refractivity contribution is 9.13. The number of hydrogen-bond donors (Lipinski definition) is 1. The number of halogens is 2. The second-order valence-corrected chi connectivity index (χ2v) is 6.24. The standard InChI is InChI=1S/C13H13Br2N3/c14-9-6-5-8-12(11(9)15)17-10-4-2-1-3-7-18(10)13(8)16/h5-6,16H,1-4,7H2. The van der Waals surface area contributed by atoms with E-state index in [0.717, 1.165) is 45.1 Å². The lowest BCUT2D eigenvalue weighted by Gasteiger charge is -2.13. The molecule has 0 fully saturated rings. The van der Waals surface area contributed by atoms with E-state index in [1.807, 2.05) is 12.1 Å². The van der Waals surface area contributed by atoms with Crippen molar-refractivity contribution in [1.29, 1.82) is 5.41 Å². The Morgan fingerprint density at radius 3 is 2.83 bits per heavy atom. The van der Waals surface area contributed by atoms with E-state index in [4.69, 9.17) is 10.4 Å². The summed E-state index contributed by atoms with van der Waals surface area (Å²) in [6.07, 6.45) is 4.52. The minimum Gasteiger partial charge on any atom is -0.314 e. The van der Waals surface area contributed by atoms with Crippen LogP contribution in [0.2, 0.25) is 0 Å². The molecule has 0 amide bonds. The van der Waals surface area contributed by atoms with E-state index in [1.165, 1.54) is 12.8 Å². The van der Waals surface area contributed by atoms with Crippen molar-refractivity contribution in [3.8, 4) is 0 Å². The Morgan fingerprint density at radius 2 is 2.00 bits per heavy atom. The van der Waals surface area contributed by atoms with Crippen LogP contribution in [0.25, 0.3) is 10.9 Å². The van der Waals surface area contributed by atoms with Crippen molar-refractivity contribution in [2.75, 3.05) is 0 Å². The normalized spacial score (nSPS) is 15.4. The van der Waals surface area contributed by atoms with Crippen LogP contribution in [0.3, 0.4) is 0 Å². The Hall–Kier alpha value is -0.680. The highest BCUT2D eigenvalue weighted by Crippen LogP contribution is 2.29. The van der Waals surface area contributed by atoms with E-state index in [0.29, 0.717) is 5.49 Å². The SMILES string of the molecule is N=c1c2ccc(Br)c(Br)c2nc2n1CCCCC2. The Bertz CT molecular complexity index is 676. The average Bonchev–Trinajstić information content (AvgIpc) is 2.60. The molecule has 2 heterocycles. The predicted molar refractivity (Wildman–Crippen MR) is 78.5 cm³/mol. The van der Waals surface area contributed by atoms with E-state index in [2.05, 4.69) is 36.4 Å². The number of fused-ring (bicyclic) bond motifs is 2. The molecule has 0 aliphatic carbocycles. The van der Waals surface area contributed by atoms with Gasteiger partial charge in [-0.15, -0.1) is 0 Å². The summed E-state index contributed by atoms with van der Waals surface area (Å²) in [7, 11) is 0. The van der Waals surface area contributed by atoms with Gasteiger partial charge in [0.1, 0.15) is 11.3 Å². The van der Waals surface area contributed by atoms with Crippen LogP contribution < -0.4 is 5.49 Å². The third kappa shape index (κ3) is 1.93. The summed E-state index contributed by atoms with van der Waals surface area (Å²) in [5.41, 5.74) is 1.48. The minimum atomic E-state index is 0.588. The van der Waals surface area contributed by atoms with Gasteiger partial charge in [-0.2, -0.15) is 0 Å². The lowest BCUT2D eigenvalue weighted by Crippen LogP contribution is -2.24. The highest BCUT2D eigenvalue weighted by atomic mass is 79.9. The zero-order valence-electron chi connectivity index (χ0n) is 9.84. The number of aromatic nitrogens is 2. The van der Waals surface area contributed by atoms with Crippen LogP contribution in [0.4, 0.5) is 0 Å². The summed E-state index contributed by atoms with van der Waals surface area (Å²) < 4.78 is 4.00. The van der Waals surface area contributed by atoms with Gasteiger partial charge in [-0.1, -0.05) is 6.42 Å². The van der Waals surface area contributed by atoms with Crippen molar-refractivity contribution >= 4 is 42.8 Å². The van der Waals surface area contributed by atoms with Crippen LogP contribution in [-0.4, -0.2) is 9.55 Å². The zero-order valence-corrected chi connectivity index (χ0v) is 13.0. The number of rotatable bonds is 0. The molecule has 0 saturated carbocycles. The summed E-state index contributed by atoms with van der Waals surface area (Å²) in [6, 6.07) is 3.94. The number of hydrogen-bond acceptors (Lipinski definition) is 2. The van der Waals surface area contributed by atoms with Crippen LogP contribution >= 0.6 is 31.9 Å². The average molecular weight is 371 g/mol. The van der Waals surface area contributed by atoms with Gasteiger partial charge in [0.25, 0.3) is 0 Å². The van der Waals surface area contributed by atoms with Crippen molar-refractivity contribution in [3.05, 3.63) is 32.4 Å². The monoisotopic (exact) mass is 369 g/mol. The van der Waals surface area contributed by atoms with Crippen molar-refractivity contribution < 1.29 is 0 Å². The van der Waals surface area contributed by atoms with E-state index in [-0.39, 0.29) is 0 Å². The molecule has 0 saturated heterocycles. The molecule has 3 rings (SSSR count). The Morgan fingerprint density at radius 1 is 1.17 bits per heavy atom. The molecule has 0 atom stereocenters. The van der Waals surface area contributed by atoms with Gasteiger partial charge in [-0.3, -0.25) is 5.41 Å². The van der Waals surface area contributed by atoms with Gasteiger partial charge in [0.15, 0.2) is 0 Å². The molecule has 3 nitrogen and oxygen atoms in total. The Labute approximate surface area is 122 Å². The highest BCUT2D eigenvalue weighted by Gasteiger charge is 2.14. The number of benzene rings is 1. The Balaban J connectivity index is 2.38. The summed E-state index contributed by atoms with van der Waals surface area (Å²) in [5, 5.41) is 9.28. The summed E-state index contributed by atoms with van der Waals surface area (Å²) in [6.45, 7) is 0.921. The predicted octanol–water partition coefficient (Wildman–Crippen LogP) is 3.77. The van der Waals surface area contributed by atoms with Crippen LogP contribution in [0, 0.1) is 5.41 Å². The van der Waals surface area contributed by atoms with Crippen molar-refractivity contribution in [1.82, 2.24) is 9.55 Å². The first-order valence-electron chi connectivity index (χ1n) is 6.10. The Kier molecular flexibility index (Phi) is 3.28. The first-order valence-corrected chi connectivity index (χ1v) is 7.69. The molecule has 1 aliphatic heterocycles. The number of aryl methyl sites for hydroxylation is 1. The third-order valence-electron chi connectivity index (χ3n) is 3.43. The molecule has 5 heteroatoms. The second kappa shape index (κ2) is 4.78. The molecule has 1 N–H and O–H groups in total. The van der Waals surface area contributed by atoms with E-state index in [1.54, 1.807) is 0 Å². The van der Waals surface area contributed by atoms with Crippen LogP contribution in [0.15, 0.2) is 21.1 Å². The van der Waals surface area contributed by atoms with Gasteiger partial charge < -0.3 is 4.57 Å². The van der Waals surface area contributed by atoms with Gasteiger partial charge in [0.2, 0.25) is 0 Å². The molecule has 18 heavy (non-hydrogen) atoms. The summed E-state index contributed by atoms with van der Waals surface area (Å²) in [5.74, 6) is 1.05. The van der Waals surface area contributed by atoms with Crippen LogP contribution in [0.5, 0.6) is 0 Å². The fourth-order valence-electron chi connectivity index (χ4n) is 2.47. The second-order valence-electron chi connectivity index (χ2n) is 4.60. The van der Waals surface area contributed by atoms with E-state index in [9.17, 15) is 0 Å². The van der Waals surface area contributed by atoms with Crippen molar-refractivity contribution in [3.63, 3.8) is 0 Å². The summed E-state index contributed by atoms with van der Waals surface area (Å²) in [4.78, 5) is 4.76. The fourth-order valence-corrected chi connectivity index (χ4v) is 3.22. The largest absolute Gasteiger partial charge is 0.314 e. The molecular weight excluding hydrogens is 358 g/mol. The quantitative estimate of drug-likeness (QED) is 0.753. The fraction of sp³-hybridized carbons (Fsp3) is 0.385. The van der Waals surface area contributed by atoms with E-state index < -0.39 is 0 Å². The topological polar surface area (TPSA) is 41.7 Å². The van der Waals surface area contributed by atoms with Gasteiger partial charge >= 0.3 is 0 Å². The molecule has 1 aromatic heterocycles. The molecule has 94 valence electrons. The molecule has 1 aromatic carbocycles.